The molecule has 0 radical (unpaired) electrons. The molecule has 2 amide bonds. The first kappa shape index (κ1) is 20.9. The number of rotatable bonds is 7. The van der Waals surface area contributed by atoms with Crippen molar-refractivity contribution in [3.8, 4) is 0 Å². The van der Waals surface area contributed by atoms with Crippen LogP contribution in [0, 0.1) is 6.92 Å². The van der Waals surface area contributed by atoms with Gasteiger partial charge in [-0.15, -0.1) is 0 Å². The van der Waals surface area contributed by atoms with Gasteiger partial charge in [0.2, 0.25) is 10.0 Å². The van der Waals surface area contributed by atoms with Gasteiger partial charge in [-0.2, -0.15) is 0 Å². The summed E-state index contributed by atoms with van der Waals surface area (Å²) in [7, 11) is -0.601. The van der Waals surface area contributed by atoms with Crippen LogP contribution in [0.1, 0.15) is 24.5 Å². The lowest BCUT2D eigenvalue weighted by molar-refractivity contribution is 0.248. The molecule has 27 heavy (non-hydrogen) atoms. The summed E-state index contributed by atoms with van der Waals surface area (Å²) in [6.45, 7) is 3.77. The highest BCUT2D eigenvalue weighted by Gasteiger charge is 2.19. The number of nitrogens with zero attached hydrogens (tertiary/aromatic N) is 1. The molecule has 0 aliphatic heterocycles. The molecule has 6 nitrogen and oxygen atoms in total. The normalized spacial score (nSPS) is 12.6. The molecular formula is C20H27N3O3S. The van der Waals surface area contributed by atoms with Crippen LogP contribution in [-0.2, 0) is 16.4 Å². The number of urea groups is 1. The summed E-state index contributed by atoms with van der Waals surface area (Å²) >= 11 is 0. The summed E-state index contributed by atoms with van der Waals surface area (Å²) in [5, 5.41) is 5.65. The molecule has 0 spiro atoms. The second-order valence-electron chi connectivity index (χ2n) is 6.79. The summed E-state index contributed by atoms with van der Waals surface area (Å²) in [5.41, 5.74) is 2.49. The van der Waals surface area contributed by atoms with E-state index in [9.17, 15) is 13.2 Å². The Balaban J connectivity index is 1.98. The van der Waals surface area contributed by atoms with Gasteiger partial charge >= 0.3 is 6.03 Å². The van der Waals surface area contributed by atoms with Crippen LogP contribution in [0.4, 0.5) is 10.5 Å². The van der Waals surface area contributed by atoms with Gasteiger partial charge in [-0.1, -0.05) is 36.4 Å². The number of aryl methyl sites for hydroxylation is 2. The zero-order chi connectivity index (χ0) is 20.0. The van der Waals surface area contributed by atoms with Crippen molar-refractivity contribution in [1.82, 2.24) is 9.62 Å². The van der Waals surface area contributed by atoms with E-state index in [0.717, 1.165) is 22.7 Å². The van der Waals surface area contributed by atoms with Crippen LogP contribution >= 0.6 is 0 Å². The molecule has 7 heteroatoms. The van der Waals surface area contributed by atoms with E-state index in [-0.39, 0.29) is 17.0 Å². The van der Waals surface area contributed by atoms with E-state index in [1.807, 2.05) is 32.0 Å². The minimum atomic E-state index is -3.55. The van der Waals surface area contributed by atoms with Crippen LogP contribution in [0.5, 0.6) is 0 Å². The summed E-state index contributed by atoms with van der Waals surface area (Å²) in [4.78, 5) is 12.4. The molecular weight excluding hydrogens is 362 g/mol. The third-order valence-corrected chi connectivity index (χ3v) is 6.13. The van der Waals surface area contributed by atoms with Gasteiger partial charge in [-0.3, -0.25) is 0 Å². The molecule has 0 aromatic heterocycles. The van der Waals surface area contributed by atoms with E-state index in [4.69, 9.17) is 0 Å². The Morgan fingerprint density at radius 3 is 2.41 bits per heavy atom. The summed E-state index contributed by atoms with van der Waals surface area (Å²) in [5.74, 6) is 0. The predicted octanol–water partition coefficient (Wildman–Crippen LogP) is 3.39. The zero-order valence-corrected chi connectivity index (χ0v) is 17.0. The number of anilines is 1. The number of amides is 2. The number of benzene rings is 2. The van der Waals surface area contributed by atoms with E-state index >= 15 is 0 Å². The highest BCUT2D eigenvalue weighted by molar-refractivity contribution is 7.89. The topological polar surface area (TPSA) is 78.5 Å². The molecule has 2 aromatic rings. The summed E-state index contributed by atoms with van der Waals surface area (Å²) in [6.07, 6.45) is 1.68. The third-order valence-electron chi connectivity index (χ3n) is 4.32. The van der Waals surface area contributed by atoms with Crippen LogP contribution < -0.4 is 10.6 Å². The van der Waals surface area contributed by atoms with Crippen molar-refractivity contribution in [3.05, 3.63) is 59.7 Å². The molecule has 2 rings (SSSR count). The van der Waals surface area contributed by atoms with E-state index in [2.05, 4.69) is 22.8 Å². The molecule has 0 heterocycles. The number of hydrogen-bond acceptors (Lipinski definition) is 3. The molecule has 0 saturated carbocycles. The maximum atomic E-state index is 12.3. The van der Waals surface area contributed by atoms with Gasteiger partial charge in [0.05, 0.1) is 4.90 Å². The minimum absolute atomic E-state index is 0.0146. The molecule has 2 aromatic carbocycles. The number of carbonyl (C=O) groups is 1. The second kappa shape index (κ2) is 9.01. The van der Waals surface area contributed by atoms with Crippen molar-refractivity contribution in [2.24, 2.45) is 0 Å². The number of nitrogens with one attached hydrogen (secondary N) is 2. The summed E-state index contributed by atoms with van der Waals surface area (Å²) < 4.78 is 25.7. The average Bonchev–Trinajstić information content (AvgIpc) is 2.62. The van der Waals surface area contributed by atoms with Crippen molar-refractivity contribution < 1.29 is 13.2 Å². The van der Waals surface area contributed by atoms with Crippen molar-refractivity contribution in [1.29, 1.82) is 0 Å². The van der Waals surface area contributed by atoms with Crippen LogP contribution in [0.15, 0.2) is 53.4 Å². The lowest BCUT2D eigenvalue weighted by Crippen LogP contribution is -2.36. The van der Waals surface area contributed by atoms with Crippen LogP contribution in [0.25, 0.3) is 0 Å². The largest absolute Gasteiger partial charge is 0.335 e. The van der Waals surface area contributed by atoms with Gasteiger partial charge in [0.25, 0.3) is 0 Å². The SMILES string of the molecule is Cc1ccc(S(=O)(=O)N(C)C)cc1NC(=O)N[C@@H](C)CCc1ccccc1. The molecule has 0 bridgehead atoms. The molecule has 0 unspecified atom stereocenters. The molecule has 1 atom stereocenters. The van der Waals surface area contributed by atoms with Crippen LogP contribution in [0.2, 0.25) is 0 Å². The molecule has 0 fully saturated rings. The smallest absolute Gasteiger partial charge is 0.319 e. The average molecular weight is 390 g/mol. The van der Waals surface area contributed by atoms with Gasteiger partial charge in [-0.05, 0) is 49.9 Å². The Morgan fingerprint density at radius 1 is 1.11 bits per heavy atom. The maximum Gasteiger partial charge on any atom is 0.319 e. The lowest BCUT2D eigenvalue weighted by atomic mass is 10.1. The van der Waals surface area contributed by atoms with E-state index in [1.54, 1.807) is 6.07 Å². The van der Waals surface area contributed by atoms with Crippen molar-refractivity contribution in [2.45, 2.75) is 37.6 Å². The van der Waals surface area contributed by atoms with Crippen molar-refractivity contribution in [2.75, 3.05) is 19.4 Å². The van der Waals surface area contributed by atoms with Crippen LogP contribution in [-0.4, -0.2) is 38.9 Å². The Labute approximate surface area is 161 Å². The molecule has 0 aliphatic carbocycles. The predicted molar refractivity (Wildman–Crippen MR) is 108 cm³/mol. The molecule has 146 valence electrons. The monoisotopic (exact) mass is 389 g/mol. The lowest BCUT2D eigenvalue weighted by Gasteiger charge is -2.17. The molecule has 2 N–H and O–H groups in total. The second-order valence-corrected chi connectivity index (χ2v) is 8.94. The van der Waals surface area contributed by atoms with E-state index < -0.39 is 10.0 Å². The van der Waals surface area contributed by atoms with Crippen molar-refractivity contribution in [3.63, 3.8) is 0 Å². The van der Waals surface area contributed by atoms with Crippen LogP contribution in [0.3, 0.4) is 0 Å². The number of hydrogen-bond donors (Lipinski definition) is 2. The fourth-order valence-electron chi connectivity index (χ4n) is 2.59. The maximum absolute atomic E-state index is 12.3. The Morgan fingerprint density at radius 2 is 1.78 bits per heavy atom. The van der Waals surface area contributed by atoms with Gasteiger partial charge in [0.1, 0.15) is 0 Å². The quantitative estimate of drug-likeness (QED) is 0.762. The van der Waals surface area contributed by atoms with Gasteiger partial charge in [-0.25, -0.2) is 17.5 Å². The first-order valence-electron chi connectivity index (χ1n) is 8.85. The Kier molecular flexibility index (Phi) is 6.98. The summed E-state index contributed by atoms with van der Waals surface area (Å²) in [6, 6.07) is 14.4. The van der Waals surface area contributed by atoms with E-state index in [0.29, 0.717) is 5.69 Å². The fourth-order valence-corrected chi connectivity index (χ4v) is 3.52. The third kappa shape index (κ3) is 5.80. The highest BCUT2D eigenvalue weighted by Crippen LogP contribution is 2.22. The highest BCUT2D eigenvalue weighted by atomic mass is 32.2. The van der Waals surface area contributed by atoms with Crippen molar-refractivity contribution >= 4 is 21.7 Å². The number of carbonyl (C=O) groups excluding carboxylic acids is 1. The zero-order valence-electron chi connectivity index (χ0n) is 16.2. The van der Waals surface area contributed by atoms with Gasteiger partial charge < -0.3 is 10.6 Å². The van der Waals surface area contributed by atoms with E-state index in [1.165, 1.54) is 31.8 Å². The standard InChI is InChI=1S/C20H27N3O3S/c1-15-10-13-18(27(25,26)23(3)4)14-19(15)22-20(24)21-16(2)11-12-17-8-6-5-7-9-17/h5-10,13-14,16H,11-12H2,1-4H3,(H2,21,22,24)/t16-/m0/s1. The minimum Gasteiger partial charge on any atom is -0.335 e. The first-order chi connectivity index (χ1) is 12.7. The van der Waals surface area contributed by atoms with Gasteiger partial charge in [0.15, 0.2) is 0 Å². The first-order valence-corrected chi connectivity index (χ1v) is 10.3. The fraction of sp³-hybridized carbons (Fsp3) is 0.350. The molecule has 0 saturated heterocycles. The Bertz CT molecular complexity index is 881. The van der Waals surface area contributed by atoms with Gasteiger partial charge in [0, 0.05) is 25.8 Å². The Hall–Kier alpha value is -2.38. The number of sulfonamides is 1. The molecule has 0 aliphatic rings.